The van der Waals surface area contributed by atoms with Crippen molar-refractivity contribution < 1.29 is 23.1 Å². The van der Waals surface area contributed by atoms with Crippen molar-refractivity contribution in [2.45, 2.75) is 31.6 Å². The van der Waals surface area contributed by atoms with E-state index in [9.17, 15) is 13.2 Å². The van der Waals surface area contributed by atoms with Crippen molar-refractivity contribution in [1.82, 2.24) is 24.5 Å². The normalized spacial score (nSPS) is 15.1. The van der Waals surface area contributed by atoms with Crippen molar-refractivity contribution in [3.63, 3.8) is 0 Å². The van der Waals surface area contributed by atoms with Gasteiger partial charge in [0.15, 0.2) is 5.82 Å². The van der Waals surface area contributed by atoms with Gasteiger partial charge in [0.25, 0.3) is 0 Å². The molecule has 9 nitrogen and oxygen atoms in total. The Bertz CT molecular complexity index is 1310. The van der Waals surface area contributed by atoms with Gasteiger partial charge in [-0.05, 0) is 61.8 Å². The second kappa shape index (κ2) is 10.2. The molecule has 1 saturated heterocycles. The van der Waals surface area contributed by atoms with Gasteiger partial charge < -0.3 is 16.2 Å². The summed E-state index contributed by atoms with van der Waals surface area (Å²) < 4.78 is 33.6. The Hall–Kier alpha value is -3.77. The van der Waals surface area contributed by atoms with Crippen molar-refractivity contribution in [2.24, 2.45) is 5.73 Å². The summed E-state index contributed by atoms with van der Waals surface area (Å²) in [5.41, 5.74) is 10.2. The van der Waals surface area contributed by atoms with Crippen LogP contribution in [-0.4, -0.2) is 60.9 Å². The minimum Gasteiger partial charge on any atom is -0.475 e. The number of anilines is 2. The number of carboxylic acid groups (broad SMARTS) is 1. The van der Waals surface area contributed by atoms with Crippen LogP contribution in [0.3, 0.4) is 0 Å². The summed E-state index contributed by atoms with van der Waals surface area (Å²) in [5.74, 6) is -1.95. The minimum atomic E-state index is -5.08. The average molecular weight is 487 g/mol. The fraction of sp³-hybridized carbons (Fsp3) is 0.304. The van der Waals surface area contributed by atoms with E-state index < -0.39 is 12.1 Å². The number of hydrogen-bond donors (Lipinski definition) is 3. The number of benzene rings is 1. The Kier molecular flexibility index (Phi) is 7.12. The van der Waals surface area contributed by atoms with E-state index in [0.717, 1.165) is 60.4 Å². The molecule has 184 valence electrons. The lowest BCUT2D eigenvalue weighted by atomic mass is 10.1. The van der Waals surface area contributed by atoms with E-state index in [2.05, 4.69) is 43.5 Å². The van der Waals surface area contributed by atoms with Crippen molar-refractivity contribution in [3.8, 4) is 0 Å². The molecule has 1 fully saturated rings. The second-order valence-electron chi connectivity index (χ2n) is 8.16. The van der Waals surface area contributed by atoms with Crippen LogP contribution in [0.15, 0.2) is 55.1 Å². The van der Waals surface area contributed by atoms with Crippen LogP contribution in [0, 0.1) is 0 Å². The minimum absolute atomic E-state index is 0.336. The first-order chi connectivity index (χ1) is 16.7. The molecular weight excluding hydrogens is 463 g/mol. The third kappa shape index (κ3) is 5.84. The predicted octanol–water partition coefficient (Wildman–Crippen LogP) is 3.58. The molecule has 35 heavy (non-hydrogen) atoms. The lowest BCUT2D eigenvalue weighted by Crippen LogP contribution is -2.39. The number of halogens is 3. The van der Waals surface area contributed by atoms with E-state index in [1.165, 1.54) is 5.56 Å². The van der Waals surface area contributed by atoms with Crippen LogP contribution in [-0.2, 0) is 11.3 Å². The van der Waals surface area contributed by atoms with Gasteiger partial charge in [0.2, 0.25) is 0 Å². The number of aliphatic carboxylic acids is 1. The summed E-state index contributed by atoms with van der Waals surface area (Å²) in [6, 6.07) is 12.6. The summed E-state index contributed by atoms with van der Waals surface area (Å²) in [6.07, 6.45) is 2.41. The third-order valence-electron chi connectivity index (χ3n) is 5.70. The Morgan fingerprint density at radius 2 is 1.89 bits per heavy atom. The summed E-state index contributed by atoms with van der Waals surface area (Å²) >= 11 is 0. The highest BCUT2D eigenvalue weighted by molar-refractivity contribution is 5.94. The molecule has 0 atom stereocenters. The first kappa shape index (κ1) is 24.4. The van der Waals surface area contributed by atoms with Gasteiger partial charge in [-0.1, -0.05) is 6.07 Å². The molecule has 5 rings (SSSR count). The topological polar surface area (TPSA) is 122 Å². The quantitative estimate of drug-likeness (QED) is 0.399. The fourth-order valence-electron chi connectivity index (χ4n) is 3.93. The highest BCUT2D eigenvalue weighted by Crippen LogP contribution is 2.28. The number of piperidine rings is 1. The fourth-order valence-corrected chi connectivity index (χ4v) is 3.93. The van der Waals surface area contributed by atoms with E-state index in [1.807, 2.05) is 35.1 Å². The zero-order chi connectivity index (χ0) is 25.0. The summed E-state index contributed by atoms with van der Waals surface area (Å²) in [6.45, 7) is 2.94. The van der Waals surface area contributed by atoms with Crippen LogP contribution in [0.5, 0.6) is 0 Å². The van der Waals surface area contributed by atoms with E-state index >= 15 is 0 Å². The van der Waals surface area contributed by atoms with Gasteiger partial charge in [0.05, 0.1) is 5.52 Å². The van der Waals surface area contributed by atoms with Gasteiger partial charge in [0, 0.05) is 36.1 Å². The van der Waals surface area contributed by atoms with Gasteiger partial charge in [0.1, 0.15) is 11.8 Å². The van der Waals surface area contributed by atoms with Crippen LogP contribution in [0.4, 0.5) is 24.7 Å². The van der Waals surface area contributed by atoms with Crippen LogP contribution in [0.1, 0.15) is 18.4 Å². The molecule has 1 aliphatic heterocycles. The highest BCUT2D eigenvalue weighted by atomic mass is 19.4. The molecule has 4 heterocycles. The maximum atomic E-state index is 10.6. The molecule has 0 aliphatic carbocycles. The number of likely N-dealkylation sites (tertiary alicyclic amines) is 1. The van der Waals surface area contributed by atoms with Gasteiger partial charge >= 0.3 is 12.1 Å². The molecule has 0 saturated carbocycles. The van der Waals surface area contributed by atoms with E-state index in [1.54, 1.807) is 6.33 Å². The van der Waals surface area contributed by atoms with E-state index in [4.69, 9.17) is 15.6 Å². The molecule has 0 unspecified atom stereocenters. The number of rotatable bonds is 4. The molecular formula is C23H24F3N7O2. The largest absolute Gasteiger partial charge is 0.490 e. The van der Waals surface area contributed by atoms with Crippen LogP contribution >= 0.6 is 0 Å². The number of hydrogen-bond acceptors (Lipinski definition) is 7. The number of alkyl halides is 3. The molecule has 4 N–H and O–H groups in total. The van der Waals surface area contributed by atoms with Crippen molar-refractivity contribution in [1.29, 1.82) is 0 Å². The summed E-state index contributed by atoms with van der Waals surface area (Å²) in [7, 11) is 0. The Balaban J connectivity index is 0.000000364. The predicted molar refractivity (Wildman–Crippen MR) is 124 cm³/mol. The molecule has 0 amide bonds. The zero-order valence-corrected chi connectivity index (χ0v) is 18.6. The van der Waals surface area contributed by atoms with E-state index in [0.29, 0.717) is 6.04 Å². The lowest BCUT2D eigenvalue weighted by molar-refractivity contribution is -0.192. The first-order valence-electron chi connectivity index (χ1n) is 10.9. The van der Waals surface area contributed by atoms with Crippen molar-refractivity contribution in [3.05, 3.63) is 60.7 Å². The summed E-state index contributed by atoms with van der Waals surface area (Å²) in [5, 5.41) is 16.1. The lowest BCUT2D eigenvalue weighted by Gasteiger charge is -2.29. The van der Waals surface area contributed by atoms with Crippen LogP contribution in [0.25, 0.3) is 16.4 Å². The Morgan fingerprint density at radius 3 is 2.60 bits per heavy atom. The maximum Gasteiger partial charge on any atom is 0.490 e. The van der Waals surface area contributed by atoms with Crippen LogP contribution < -0.4 is 11.1 Å². The molecule has 0 bridgehead atoms. The molecule has 4 aromatic rings. The first-order valence-corrected chi connectivity index (χ1v) is 10.9. The Morgan fingerprint density at radius 1 is 1.14 bits per heavy atom. The van der Waals surface area contributed by atoms with Crippen LogP contribution in [0.2, 0.25) is 0 Å². The number of nitrogens with one attached hydrogen (secondary N) is 1. The number of carboxylic acids is 1. The highest BCUT2D eigenvalue weighted by Gasteiger charge is 2.38. The van der Waals surface area contributed by atoms with Gasteiger partial charge in [-0.15, -0.1) is 0 Å². The molecule has 0 spiro atoms. The number of fused-ring (bicyclic) bond motifs is 2. The average Bonchev–Trinajstić information content (AvgIpc) is 3.24. The van der Waals surface area contributed by atoms with Crippen molar-refractivity contribution in [2.75, 3.05) is 18.4 Å². The summed E-state index contributed by atoms with van der Waals surface area (Å²) in [4.78, 5) is 20.3. The molecule has 12 heteroatoms. The van der Waals surface area contributed by atoms with Gasteiger partial charge in [-0.3, -0.25) is 9.88 Å². The Labute approximate surface area is 198 Å². The SMILES string of the molecule is NC1CCN(Cc2ccn3ncnc(Nc4cccc5ncccc45)c23)CC1.O=C(O)C(F)(F)F. The maximum absolute atomic E-state index is 10.6. The smallest absolute Gasteiger partial charge is 0.475 e. The second-order valence-corrected chi connectivity index (χ2v) is 8.16. The van der Waals surface area contributed by atoms with Gasteiger partial charge in [-0.2, -0.15) is 18.3 Å². The number of pyridine rings is 1. The van der Waals surface area contributed by atoms with Gasteiger partial charge in [-0.25, -0.2) is 14.3 Å². The molecule has 0 radical (unpaired) electrons. The number of carbonyl (C=O) groups is 1. The third-order valence-corrected chi connectivity index (χ3v) is 5.70. The van der Waals surface area contributed by atoms with E-state index in [-0.39, 0.29) is 0 Å². The zero-order valence-electron chi connectivity index (χ0n) is 18.6. The molecule has 3 aromatic heterocycles. The monoisotopic (exact) mass is 487 g/mol. The number of nitrogens with zero attached hydrogens (tertiary/aromatic N) is 5. The molecule has 1 aromatic carbocycles. The number of nitrogens with two attached hydrogens (primary N) is 1. The van der Waals surface area contributed by atoms with Crippen molar-refractivity contribution >= 4 is 33.9 Å². The number of aromatic nitrogens is 4. The standard InChI is InChI=1S/C21H23N7.C2HF3O2/c22-16-7-10-27(11-8-16)13-15-6-12-28-20(15)21(24-14-25-28)26-19-5-1-4-18-17(19)3-2-9-23-18;3-2(4,5)1(6)7/h1-6,9,12,14,16H,7-8,10-11,13,22H2,(H,24,25,26);(H,6,7). The molecule has 1 aliphatic rings.